The van der Waals surface area contributed by atoms with E-state index in [0.29, 0.717) is 0 Å². The molecule has 0 bridgehead atoms. The van der Waals surface area contributed by atoms with Crippen molar-refractivity contribution in [3.8, 4) is 11.8 Å². The molecule has 0 spiro atoms. The first-order valence-electron chi connectivity index (χ1n) is 8.27. The molecule has 2 aromatic rings. The van der Waals surface area contributed by atoms with E-state index in [2.05, 4.69) is 4.98 Å². The normalized spacial score (nSPS) is 11.2. The number of sulfonamides is 1. The number of nitrogens with zero attached hydrogens (tertiary/aromatic N) is 2. The fourth-order valence-corrected chi connectivity index (χ4v) is 3.98. The van der Waals surface area contributed by atoms with Crippen LogP contribution >= 0.6 is 0 Å². The summed E-state index contributed by atoms with van der Waals surface area (Å²) in [7, 11) is -1.11. The Morgan fingerprint density at radius 2 is 1.67 bits per heavy atom. The Hall–Kier alpha value is -2.61. The van der Waals surface area contributed by atoms with Crippen LogP contribution in [0.15, 0.2) is 24.3 Å². The van der Waals surface area contributed by atoms with Crippen LogP contribution in [0, 0.1) is 20.8 Å². The number of hydrogen-bond acceptors (Lipinski definition) is 6. The summed E-state index contributed by atoms with van der Waals surface area (Å²) < 4.78 is 35.7. The van der Waals surface area contributed by atoms with Crippen LogP contribution in [0.25, 0.3) is 0 Å². The van der Waals surface area contributed by atoms with Crippen LogP contribution in [0.5, 0.6) is 11.8 Å². The summed E-state index contributed by atoms with van der Waals surface area (Å²) in [4.78, 5) is 17.1. The van der Waals surface area contributed by atoms with Crippen LogP contribution in [-0.4, -0.2) is 39.8 Å². The predicted molar refractivity (Wildman–Crippen MR) is 104 cm³/mol. The molecule has 1 aromatic heterocycles. The molecule has 1 aromatic carbocycles. The van der Waals surface area contributed by atoms with Crippen LogP contribution in [0.4, 0.5) is 5.69 Å². The van der Waals surface area contributed by atoms with Gasteiger partial charge in [-0.05, 0) is 43.5 Å². The van der Waals surface area contributed by atoms with Crippen molar-refractivity contribution in [2.45, 2.75) is 27.2 Å². The van der Waals surface area contributed by atoms with Crippen LogP contribution in [-0.2, 0) is 21.2 Å². The maximum absolute atomic E-state index is 13.0. The smallest absolute Gasteiger partial charge is 0.245 e. The molecule has 7 nitrogen and oxygen atoms in total. The van der Waals surface area contributed by atoms with Gasteiger partial charge in [-0.15, -0.1) is 0 Å². The minimum Gasteiger partial charge on any atom is -0.481 e. The zero-order valence-electron chi connectivity index (χ0n) is 16.4. The molecule has 0 saturated carbocycles. The molecule has 0 N–H and O–H groups in total. The number of methoxy groups -OCH3 is 2. The standard InChI is InChI=1S/C19H24N2O5S/c1-12-9-13(2)15(14(3)10-12)11-18(22)21(27(6,23)24)16-7-8-17(25-4)20-19(16)26-5/h7-10H,11H2,1-6H3. The lowest BCUT2D eigenvalue weighted by Gasteiger charge is -2.23. The van der Waals surface area contributed by atoms with Crippen LogP contribution < -0.4 is 13.8 Å². The van der Waals surface area contributed by atoms with Gasteiger partial charge in [-0.2, -0.15) is 4.98 Å². The lowest BCUT2D eigenvalue weighted by atomic mass is 9.97. The molecule has 0 radical (unpaired) electrons. The number of rotatable bonds is 6. The van der Waals surface area contributed by atoms with Crippen LogP contribution in [0.3, 0.4) is 0 Å². The Balaban J connectivity index is 2.52. The Morgan fingerprint density at radius 1 is 1.07 bits per heavy atom. The van der Waals surface area contributed by atoms with Gasteiger partial charge in [0.1, 0.15) is 5.69 Å². The van der Waals surface area contributed by atoms with Crippen molar-refractivity contribution in [3.05, 3.63) is 46.5 Å². The number of amides is 1. The average Bonchev–Trinajstić information content (AvgIpc) is 2.57. The van der Waals surface area contributed by atoms with Gasteiger partial charge >= 0.3 is 0 Å². The number of hydrogen-bond donors (Lipinski definition) is 0. The lowest BCUT2D eigenvalue weighted by molar-refractivity contribution is -0.116. The molecule has 146 valence electrons. The molecule has 0 aliphatic carbocycles. The van der Waals surface area contributed by atoms with E-state index in [9.17, 15) is 13.2 Å². The van der Waals surface area contributed by atoms with Gasteiger partial charge in [0, 0.05) is 6.07 Å². The predicted octanol–water partition coefficient (Wildman–Crippen LogP) is 2.56. The third-order valence-corrected chi connectivity index (χ3v) is 5.23. The molecule has 27 heavy (non-hydrogen) atoms. The quantitative estimate of drug-likeness (QED) is 0.751. The van der Waals surface area contributed by atoms with Crippen molar-refractivity contribution in [1.82, 2.24) is 4.98 Å². The van der Waals surface area contributed by atoms with Gasteiger partial charge in [-0.3, -0.25) is 4.79 Å². The second-order valence-electron chi connectivity index (χ2n) is 6.36. The van der Waals surface area contributed by atoms with E-state index >= 15 is 0 Å². The van der Waals surface area contributed by atoms with Gasteiger partial charge in [0.05, 0.1) is 26.9 Å². The van der Waals surface area contributed by atoms with Crippen molar-refractivity contribution in [1.29, 1.82) is 0 Å². The molecule has 8 heteroatoms. The maximum atomic E-state index is 13.0. The van der Waals surface area contributed by atoms with Gasteiger partial charge in [0.2, 0.25) is 27.7 Å². The highest BCUT2D eigenvalue weighted by molar-refractivity contribution is 7.92. The van der Waals surface area contributed by atoms with Crippen molar-refractivity contribution >= 4 is 21.6 Å². The van der Waals surface area contributed by atoms with Gasteiger partial charge in [-0.25, -0.2) is 12.7 Å². The van der Waals surface area contributed by atoms with Crippen LogP contribution in [0.2, 0.25) is 0 Å². The molecule has 0 unspecified atom stereocenters. The zero-order chi connectivity index (χ0) is 20.4. The number of anilines is 1. The number of carbonyl (C=O) groups excluding carboxylic acids is 1. The summed E-state index contributed by atoms with van der Waals surface area (Å²) in [6, 6.07) is 6.86. The molecule has 0 aliphatic rings. The van der Waals surface area contributed by atoms with E-state index in [1.165, 1.54) is 26.4 Å². The van der Waals surface area contributed by atoms with Crippen LogP contribution in [0.1, 0.15) is 22.3 Å². The number of pyridine rings is 1. The SMILES string of the molecule is COc1ccc(N(C(=O)Cc2c(C)cc(C)cc2C)S(C)(=O)=O)c(OC)n1. The van der Waals surface area contributed by atoms with E-state index in [-0.39, 0.29) is 23.9 Å². The highest BCUT2D eigenvalue weighted by Crippen LogP contribution is 2.31. The lowest BCUT2D eigenvalue weighted by Crippen LogP contribution is -2.38. The Morgan fingerprint density at radius 3 is 2.15 bits per heavy atom. The molecule has 0 saturated heterocycles. The molecule has 2 rings (SSSR count). The zero-order valence-corrected chi connectivity index (χ0v) is 17.2. The van der Waals surface area contributed by atoms with Crippen molar-refractivity contribution in [3.63, 3.8) is 0 Å². The highest BCUT2D eigenvalue weighted by Gasteiger charge is 2.30. The fraction of sp³-hybridized carbons (Fsp3) is 0.368. The Kier molecular flexibility index (Phi) is 6.10. The Bertz CT molecular complexity index is 947. The second kappa shape index (κ2) is 7.96. The average molecular weight is 392 g/mol. The Labute approximate surface area is 160 Å². The van der Waals surface area contributed by atoms with Gasteiger partial charge in [0.15, 0.2) is 0 Å². The molecule has 1 heterocycles. The highest BCUT2D eigenvalue weighted by atomic mass is 32.2. The molecule has 1 amide bonds. The first-order valence-corrected chi connectivity index (χ1v) is 10.1. The van der Waals surface area contributed by atoms with Crippen molar-refractivity contribution in [2.24, 2.45) is 0 Å². The minimum absolute atomic E-state index is 0.00882. The topological polar surface area (TPSA) is 85.8 Å². The van der Waals surface area contributed by atoms with E-state index in [4.69, 9.17) is 9.47 Å². The number of ether oxygens (including phenoxy) is 2. The third-order valence-electron chi connectivity index (χ3n) is 4.16. The minimum atomic E-state index is -3.90. The van der Waals surface area contributed by atoms with Crippen molar-refractivity contribution < 1.29 is 22.7 Å². The largest absolute Gasteiger partial charge is 0.481 e. The summed E-state index contributed by atoms with van der Waals surface area (Å²) in [5.41, 5.74) is 3.82. The molecular formula is C19H24N2O5S. The summed E-state index contributed by atoms with van der Waals surface area (Å²) >= 11 is 0. The molecular weight excluding hydrogens is 368 g/mol. The maximum Gasteiger partial charge on any atom is 0.245 e. The second-order valence-corrected chi connectivity index (χ2v) is 8.19. The molecule has 0 atom stereocenters. The molecule has 0 fully saturated rings. The summed E-state index contributed by atoms with van der Waals surface area (Å²) in [5, 5.41) is 0. The van der Waals surface area contributed by atoms with E-state index in [1.807, 2.05) is 32.9 Å². The fourth-order valence-electron chi connectivity index (χ4n) is 3.04. The summed E-state index contributed by atoms with van der Waals surface area (Å²) in [6.45, 7) is 5.79. The number of benzene rings is 1. The van der Waals surface area contributed by atoms with Gasteiger partial charge in [0.25, 0.3) is 0 Å². The summed E-state index contributed by atoms with van der Waals surface area (Å²) in [5.74, 6) is -0.343. The van der Waals surface area contributed by atoms with E-state index in [1.54, 1.807) is 0 Å². The molecule has 0 aliphatic heterocycles. The number of aromatic nitrogens is 1. The van der Waals surface area contributed by atoms with Crippen molar-refractivity contribution in [2.75, 3.05) is 24.8 Å². The first-order chi connectivity index (χ1) is 12.6. The first kappa shape index (κ1) is 20.7. The summed E-state index contributed by atoms with van der Waals surface area (Å²) in [6.07, 6.45) is 0.920. The number of aryl methyl sites for hydroxylation is 3. The number of carbonyl (C=O) groups is 1. The third kappa shape index (κ3) is 4.57. The van der Waals surface area contributed by atoms with E-state index in [0.717, 1.165) is 32.8 Å². The van der Waals surface area contributed by atoms with Gasteiger partial charge in [-0.1, -0.05) is 17.7 Å². The monoisotopic (exact) mass is 392 g/mol. The van der Waals surface area contributed by atoms with E-state index < -0.39 is 15.9 Å². The van der Waals surface area contributed by atoms with Gasteiger partial charge < -0.3 is 9.47 Å².